The molecule has 0 radical (unpaired) electrons. The van der Waals surface area contributed by atoms with Crippen LogP contribution >= 0.6 is 11.6 Å². The molecule has 0 amide bonds. The first kappa shape index (κ1) is 17.2. The molecule has 1 aliphatic heterocycles. The Morgan fingerprint density at radius 3 is 2.92 bits per heavy atom. The van der Waals surface area contributed by atoms with Crippen LogP contribution in [0.4, 0.5) is 5.69 Å². The number of halogens is 1. The van der Waals surface area contributed by atoms with Crippen molar-refractivity contribution in [2.45, 2.75) is 19.4 Å². The van der Waals surface area contributed by atoms with Crippen LogP contribution in [-0.2, 0) is 16.0 Å². The van der Waals surface area contributed by atoms with Crippen LogP contribution in [0.3, 0.4) is 0 Å². The van der Waals surface area contributed by atoms with E-state index in [1.54, 1.807) is 37.3 Å². The van der Waals surface area contributed by atoms with E-state index in [-0.39, 0.29) is 12.3 Å². The Hall–Kier alpha value is -2.60. The molecule has 3 rings (SSSR count). The average molecular weight is 362 g/mol. The second kappa shape index (κ2) is 7.11. The summed E-state index contributed by atoms with van der Waals surface area (Å²) < 4.78 is 11.1. The maximum Gasteiger partial charge on any atom is 0.313 e. The molecule has 0 unspecified atom stereocenters. The smallest absolute Gasteiger partial charge is 0.313 e. The molecule has 0 saturated heterocycles. The minimum Gasteiger partial charge on any atom is -0.492 e. The lowest BCUT2D eigenvalue weighted by Crippen LogP contribution is -2.30. The fourth-order valence-electron chi connectivity index (χ4n) is 2.74. The molecule has 0 fully saturated rings. The number of esters is 1. The van der Waals surface area contributed by atoms with Crippen LogP contribution in [0.2, 0.25) is 5.02 Å². The molecule has 0 aromatic heterocycles. The van der Waals surface area contributed by atoms with E-state index in [1.807, 2.05) is 0 Å². The highest BCUT2D eigenvalue weighted by atomic mass is 35.5. The fourth-order valence-corrected chi connectivity index (χ4v) is 2.94. The van der Waals surface area contributed by atoms with E-state index in [0.717, 1.165) is 11.3 Å². The Balaban J connectivity index is 1.68. The fraction of sp³-hybridized carbons (Fsp3) is 0.278. The Labute approximate surface area is 149 Å². The van der Waals surface area contributed by atoms with Gasteiger partial charge in [0.15, 0.2) is 0 Å². The van der Waals surface area contributed by atoms with Crippen molar-refractivity contribution in [3.8, 4) is 5.75 Å². The number of carbonyl (C=O) groups excluding carboxylic acids is 1. The summed E-state index contributed by atoms with van der Waals surface area (Å²) in [7, 11) is 0. The van der Waals surface area contributed by atoms with Crippen LogP contribution in [0.15, 0.2) is 42.5 Å². The van der Waals surface area contributed by atoms with Crippen molar-refractivity contribution in [3.05, 3.63) is 68.7 Å². The standard InChI is InChI=1S/C18H16ClNO5/c1-11(12-3-2-4-16(9-12)20(22)23)25-18(21)14-7-13-8-15(19)5-6-17(13)24-10-14/h2-6,8-9,11,14H,7,10H2,1H3/t11-,14-/m1/s1. The molecular weight excluding hydrogens is 346 g/mol. The van der Waals surface area contributed by atoms with Crippen LogP contribution < -0.4 is 4.74 Å². The number of carbonyl (C=O) groups is 1. The molecule has 0 aliphatic carbocycles. The summed E-state index contributed by atoms with van der Waals surface area (Å²) in [6.07, 6.45) is -0.107. The van der Waals surface area contributed by atoms with Gasteiger partial charge in [0.05, 0.1) is 10.8 Å². The molecule has 2 atom stereocenters. The summed E-state index contributed by atoms with van der Waals surface area (Å²) in [6.45, 7) is 1.92. The number of benzene rings is 2. The molecule has 6 nitrogen and oxygen atoms in total. The second-order valence-corrected chi connectivity index (χ2v) is 6.33. The molecule has 2 aromatic carbocycles. The summed E-state index contributed by atoms with van der Waals surface area (Å²) in [5.41, 5.74) is 1.40. The van der Waals surface area contributed by atoms with E-state index in [9.17, 15) is 14.9 Å². The molecule has 7 heteroatoms. The molecule has 2 aromatic rings. The van der Waals surface area contributed by atoms with Gasteiger partial charge in [-0.25, -0.2) is 0 Å². The van der Waals surface area contributed by atoms with Gasteiger partial charge in [0.25, 0.3) is 5.69 Å². The van der Waals surface area contributed by atoms with Gasteiger partial charge >= 0.3 is 5.97 Å². The van der Waals surface area contributed by atoms with E-state index in [1.165, 1.54) is 12.1 Å². The van der Waals surface area contributed by atoms with Crippen molar-refractivity contribution < 1.29 is 19.2 Å². The lowest BCUT2D eigenvalue weighted by molar-refractivity contribution is -0.385. The quantitative estimate of drug-likeness (QED) is 0.465. The summed E-state index contributed by atoms with van der Waals surface area (Å²) >= 11 is 5.98. The Morgan fingerprint density at radius 1 is 1.36 bits per heavy atom. The van der Waals surface area contributed by atoms with Gasteiger partial charge in [-0.3, -0.25) is 14.9 Å². The average Bonchev–Trinajstić information content (AvgIpc) is 2.61. The van der Waals surface area contributed by atoms with E-state index in [2.05, 4.69) is 0 Å². The van der Waals surface area contributed by atoms with Crippen LogP contribution in [0.25, 0.3) is 0 Å². The molecule has 0 saturated carbocycles. The van der Waals surface area contributed by atoms with Crippen LogP contribution in [0, 0.1) is 16.0 Å². The number of non-ortho nitro benzene ring substituents is 1. The van der Waals surface area contributed by atoms with Crippen LogP contribution in [-0.4, -0.2) is 17.5 Å². The van der Waals surface area contributed by atoms with Gasteiger partial charge in [-0.1, -0.05) is 23.7 Å². The molecule has 130 valence electrons. The van der Waals surface area contributed by atoms with Gasteiger partial charge in [-0.05, 0) is 42.7 Å². The van der Waals surface area contributed by atoms with Crippen molar-refractivity contribution in [3.63, 3.8) is 0 Å². The Kier molecular flexibility index (Phi) is 4.90. The van der Waals surface area contributed by atoms with Gasteiger partial charge in [0.1, 0.15) is 18.5 Å². The van der Waals surface area contributed by atoms with E-state index in [4.69, 9.17) is 21.1 Å². The highest BCUT2D eigenvalue weighted by Gasteiger charge is 2.29. The lowest BCUT2D eigenvalue weighted by Gasteiger charge is -2.25. The van der Waals surface area contributed by atoms with Gasteiger partial charge < -0.3 is 9.47 Å². The maximum atomic E-state index is 12.4. The number of ether oxygens (including phenoxy) is 2. The highest BCUT2D eigenvalue weighted by molar-refractivity contribution is 6.30. The first-order valence-corrected chi connectivity index (χ1v) is 8.18. The number of fused-ring (bicyclic) bond motifs is 1. The van der Waals surface area contributed by atoms with Gasteiger partial charge in [-0.15, -0.1) is 0 Å². The summed E-state index contributed by atoms with van der Waals surface area (Å²) in [5.74, 6) is -0.114. The molecule has 0 spiro atoms. The number of nitrogens with zero attached hydrogens (tertiary/aromatic N) is 1. The maximum absolute atomic E-state index is 12.4. The topological polar surface area (TPSA) is 78.7 Å². The van der Waals surface area contributed by atoms with Crippen molar-refractivity contribution in [2.24, 2.45) is 5.92 Å². The zero-order valence-electron chi connectivity index (χ0n) is 13.5. The zero-order chi connectivity index (χ0) is 18.0. The van der Waals surface area contributed by atoms with Gasteiger partial charge in [0.2, 0.25) is 0 Å². The van der Waals surface area contributed by atoms with Crippen molar-refractivity contribution in [1.82, 2.24) is 0 Å². The number of nitro benzene ring substituents is 1. The number of rotatable bonds is 4. The van der Waals surface area contributed by atoms with Crippen molar-refractivity contribution >= 4 is 23.3 Å². The van der Waals surface area contributed by atoms with E-state index in [0.29, 0.717) is 17.0 Å². The second-order valence-electron chi connectivity index (χ2n) is 5.90. The molecule has 1 aliphatic rings. The summed E-state index contributed by atoms with van der Waals surface area (Å²) in [4.78, 5) is 22.8. The predicted octanol–water partition coefficient (Wildman–Crippen LogP) is 4.10. The molecule has 0 bridgehead atoms. The van der Waals surface area contributed by atoms with Crippen LogP contribution in [0.5, 0.6) is 5.75 Å². The highest BCUT2D eigenvalue weighted by Crippen LogP contribution is 2.31. The van der Waals surface area contributed by atoms with Gasteiger partial charge in [-0.2, -0.15) is 0 Å². The summed E-state index contributed by atoms with van der Waals surface area (Å²) in [5, 5.41) is 11.4. The van der Waals surface area contributed by atoms with Crippen molar-refractivity contribution in [1.29, 1.82) is 0 Å². The largest absolute Gasteiger partial charge is 0.492 e. The van der Waals surface area contributed by atoms with Crippen molar-refractivity contribution in [2.75, 3.05) is 6.61 Å². The van der Waals surface area contributed by atoms with Crippen LogP contribution in [0.1, 0.15) is 24.2 Å². The zero-order valence-corrected chi connectivity index (χ0v) is 14.2. The number of nitro groups is 1. The third-order valence-electron chi connectivity index (χ3n) is 4.11. The third-order valence-corrected chi connectivity index (χ3v) is 4.34. The molecular formula is C18H16ClNO5. The monoisotopic (exact) mass is 361 g/mol. The molecule has 1 heterocycles. The van der Waals surface area contributed by atoms with E-state index >= 15 is 0 Å². The minimum absolute atomic E-state index is 0.0371. The minimum atomic E-state index is -0.590. The Bertz CT molecular complexity index is 823. The molecule has 0 N–H and O–H groups in total. The predicted molar refractivity (Wildman–Crippen MR) is 91.7 cm³/mol. The first-order chi connectivity index (χ1) is 11.9. The SMILES string of the molecule is C[C@@H](OC(=O)[C@H]1COc2ccc(Cl)cc2C1)c1cccc([N+](=O)[O-])c1. The number of hydrogen-bond donors (Lipinski definition) is 0. The number of hydrogen-bond acceptors (Lipinski definition) is 5. The third kappa shape index (κ3) is 3.91. The normalized spacial score (nSPS) is 17.1. The first-order valence-electron chi connectivity index (χ1n) is 7.80. The van der Waals surface area contributed by atoms with Gasteiger partial charge in [0, 0.05) is 17.2 Å². The summed E-state index contributed by atoms with van der Waals surface area (Å²) in [6, 6.07) is 11.4. The molecule has 25 heavy (non-hydrogen) atoms. The Morgan fingerprint density at radius 2 is 2.16 bits per heavy atom. The lowest BCUT2D eigenvalue weighted by atomic mass is 9.97. The van der Waals surface area contributed by atoms with E-state index < -0.39 is 22.9 Å².